The Morgan fingerprint density at radius 1 is 0.789 bits per heavy atom. The Labute approximate surface area is 113 Å². The third-order valence-corrected chi connectivity index (χ3v) is 3.28. The van der Waals surface area contributed by atoms with Gasteiger partial charge in [0.25, 0.3) is 0 Å². The van der Waals surface area contributed by atoms with Gasteiger partial charge in [-0.1, -0.05) is 60.7 Å². The monoisotopic (exact) mass is 252 g/mol. The summed E-state index contributed by atoms with van der Waals surface area (Å²) in [5, 5.41) is 0. The quantitative estimate of drug-likeness (QED) is 0.740. The predicted octanol–water partition coefficient (Wildman–Crippen LogP) is 3.03. The average molecular weight is 252 g/mol. The summed E-state index contributed by atoms with van der Waals surface area (Å²) in [6.07, 6.45) is 2.35. The maximum Gasteiger partial charge on any atom is 0.128 e. The zero-order valence-electron chi connectivity index (χ0n) is 10.6. The minimum Gasteiger partial charge on any atom is -0.303 e. The number of carbonyl (C=O) groups is 2. The van der Waals surface area contributed by atoms with Crippen molar-refractivity contribution in [3.05, 3.63) is 71.8 Å². The normalized spacial score (nSPS) is 13.5. The molecule has 0 N–H and O–H groups in total. The van der Waals surface area contributed by atoms with E-state index in [0.717, 1.165) is 23.7 Å². The van der Waals surface area contributed by atoms with E-state index in [0.29, 0.717) is 6.42 Å². The lowest BCUT2D eigenvalue weighted by Crippen LogP contribution is -2.18. The molecule has 0 amide bonds. The van der Waals surface area contributed by atoms with Crippen LogP contribution in [0.2, 0.25) is 0 Å². The molecule has 0 radical (unpaired) electrons. The molecule has 0 spiro atoms. The van der Waals surface area contributed by atoms with Crippen LogP contribution in [-0.4, -0.2) is 12.6 Å². The van der Waals surface area contributed by atoms with E-state index in [2.05, 4.69) is 0 Å². The van der Waals surface area contributed by atoms with Gasteiger partial charge in [0.15, 0.2) is 0 Å². The van der Waals surface area contributed by atoms with Gasteiger partial charge in [0.1, 0.15) is 12.6 Å². The highest BCUT2D eigenvalue weighted by Crippen LogP contribution is 2.24. The zero-order chi connectivity index (χ0) is 13.5. The fourth-order valence-corrected chi connectivity index (χ4v) is 2.25. The van der Waals surface area contributed by atoms with Crippen LogP contribution in [0.3, 0.4) is 0 Å². The minimum atomic E-state index is -0.376. The molecule has 2 aromatic carbocycles. The Kier molecular flexibility index (Phi) is 4.62. The summed E-state index contributed by atoms with van der Waals surface area (Å²) in [6.45, 7) is 0. The first-order valence-corrected chi connectivity index (χ1v) is 6.34. The number of hydrogen-bond acceptors (Lipinski definition) is 2. The van der Waals surface area contributed by atoms with Gasteiger partial charge in [0.05, 0.1) is 0 Å². The SMILES string of the molecule is O=CC(Cc1ccccc1)C(C=O)c1ccccc1. The summed E-state index contributed by atoms with van der Waals surface area (Å²) in [6, 6.07) is 19.2. The van der Waals surface area contributed by atoms with E-state index in [-0.39, 0.29) is 11.8 Å². The summed E-state index contributed by atoms with van der Waals surface area (Å²) in [5.41, 5.74) is 1.97. The molecule has 2 unspecified atom stereocenters. The molecule has 2 aromatic rings. The molecular formula is C17H16O2. The van der Waals surface area contributed by atoms with E-state index in [1.165, 1.54) is 0 Å². The molecule has 0 aromatic heterocycles. The summed E-state index contributed by atoms with van der Waals surface area (Å²) in [5.74, 6) is -0.693. The van der Waals surface area contributed by atoms with Crippen LogP contribution in [0.4, 0.5) is 0 Å². The van der Waals surface area contributed by atoms with Crippen molar-refractivity contribution in [2.75, 3.05) is 0 Å². The number of rotatable bonds is 6. The highest BCUT2D eigenvalue weighted by atomic mass is 16.1. The zero-order valence-corrected chi connectivity index (χ0v) is 10.6. The number of aldehydes is 2. The Bertz CT molecular complexity index is 519. The van der Waals surface area contributed by atoms with Gasteiger partial charge >= 0.3 is 0 Å². The van der Waals surface area contributed by atoms with Crippen molar-refractivity contribution < 1.29 is 9.59 Å². The summed E-state index contributed by atoms with van der Waals surface area (Å²) < 4.78 is 0. The lowest BCUT2D eigenvalue weighted by atomic mass is 9.84. The maximum atomic E-state index is 11.3. The Hall–Kier alpha value is -2.22. The second-order valence-corrected chi connectivity index (χ2v) is 4.56. The Morgan fingerprint density at radius 3 is 1.89 bits per heavy atom. The standard InChI is InChI=1S/C17H16O2/c18-12-16(11-14-7-3-1-4-8-14)17(13-19)15-9-5-2-6-10-15/h1-10,12-13,16-17H,11H2. The fourth-order valence-electron chi connectivity index (χ4n) is 2.25. The van der Waals surface area contributed by atoms with Crippen molar-refractivity contribution in [3.63, 3.8) is 0 Å². The van der Waals surface area contributed by atoms with E-state index in [9.17, 15) is 9.59 Å². The maximum absolute atomic E-state index is 11.3. The molecule has 2 nitrogen and oxygen atoms in total. The van der Waals surface area contributed by atoms with Crippen LogP contribution < -0.4 is 0 Å². The molecule has 2 atom stereocenters. The molecule has 0 aliphatic heterocycles. The van der Waals surface area contributed by atoms with Gasteiger partial charge in [-0.25, -0.2) is 0 Å². The first-order valence-electron chi connectivity index (χ1n) is 6.34. The molecule has 0 saturated carbocycles. The first kappa shape index (κ1) is 13.2. The van der Waals surface area contributed by atoms with Crippen molar-refractivity contribution >= 4 is 12.6 Å². The molecule has 0 saturated heterocycles. The van der Waals surface area contributed by atoms with Crippen LogP contribution in [0.15, 0.2) is 60.7 Å². The highest BCUT2D eigenvalue weighted by molar-refractivity contribution is 5.71. The second kappa shape index (κ2) is 6.64. The van der Waals surface area contributed by atoms with Crippen molar-refractivity contribution in [1.82, 2.24) is 0 Å². The van der Waals surface area contributed by atoms with E-state index in [1.54, 1.807) is 0 Å². The summed E-state index contributed by atoms with van der Waals surface area (Å²) >= 11 is 0. The van der Waals surface area contributed by atoms with Crippen LogP contribution in [0.25, 0.3) is 0 Å². The molecule has 0 bridgehead atoms. The number of carbonyl (C=O) groups excluding carboxylic acids is 2. The number of benzene rings is 2. The van der Waals surface area contributed by atoms with E-state index < -0.39 is 0 Å². The van der Waals surface area contributed by atoms with E-state index in [4.69, 9.17) is 0 Å². The van der Waals surface area contributed by atoms with Crippen LogP contribution in [-0.2, 0) is 16.0 Å². The largest absolute Gasteiger partial charge is 0.303 e. The van der Waals surface area contributed by atoms with Gasteiger partial charge in [-0.3, -0.25) is 0 Å². The minimum absolute atomic E-state index is 0.317. The molecule has 0 fully saturated rings. The molecule has 2 heteroatoms. The van der Waals surface area contributed by atoms with Crippen molar-refractivity contribution in [3.8, 4) is 0 Å². The molecule has 2 rings (SSSR count). The van der Waals surface area contributed by atoms with Crippen molar-refractivity contribution in [1.29, 1.82) is 0 Å². The lowest BCUT2D eigenvalue weighted by molar-refractivity contribution is -0.116. The molecule has 19 heavy (non-hydrogen) atoms. The fraction of sp³-hybridized carbons (Fsp3) is 0.176. The molecular weight excluding hydrogens is 236 g/mol. The van der Waals surface area contributed by atoms with E-state index >= 15 is 0 Å². The van der Waals surface area contributed by atoms with Crippen molar-refractivity contribution in [2.45, 2.75) is 12.3 Å². The Balaban J connectivity index is 2.20. The topological polar surface area (TPSA) is 34.1 Å². The van der Waals surface area contributed by atoms with Gasteiger partial charge in [-0.2, -0.15) is 0 Å². The van der Waals surface area contributed by atoms with Gasteiger partial charge in [0.2, 0.25) is 0 Å². The van der Waals surface area contributed by atoms with Crippen LogP contribution in [0.5, 0.6) is 0 Å². The van der Waals surface area contributed by atoms with Crippen LogP contribution in [0.1, 0.15) is 17.0 Å². The van der Waals surface area contributed by atoms with Crippen LogP contribution in [0, 0.1) is 5.92 Å². The van der Waals surface area contributed by atoms with Gasteiger partial charge < -0.3 is 9.59 Å². The molecule has 96 valence electrons. The summed E-state index contributed by atoms with van der Waals surface area (Å²) in [4.78, 5) is 22.7. The Morgan fingerprint density at radius 2 is 1.37 bits per heavy atom. The van der Waals surface area contributed by atoms with Crippen molar-refractivity contribution in [2.24, 2.45) is 5.92 Å². The number of hydrogen-bond donors (Lipinski definition) is 0. The molecule has 0 aliphatic carbocycles. The second-order valence-electron chi connectivity index (χ2n) is 4.56. The lowest BCUT2D eigenvalue weighted by Gasteiger charge is -2.18. The predicted molar refractivity (Wildman–Crippen MR) is 74.9 cm³/mol. The third kappa shape index (κ3) is 3.38. The van der Waals surface area contributed by atoms with E-state index in [1.807, 2.05) is 60.7 Å². The molecule has 0 aliphatic rings. The molecule has 0 heterocycles. The van der Waals surface area contributed by atoms with Gasteiger partial charge in [-0.05, 0) is 17.5 Å². The smallest absolute Gasteiger partial charge is 0.128 e. The highest BCUT2D eigenvalue weighted by Gasteiger charge is 2.22. The third-order valence-electron chi connectivity index (χ3n) is 3.28. The summed E-state index contributed by atoms with van der Waals surface area (Å²) in [7, 11) is 0. The van der Waals surface area contributed by atoms with Gasteiger partial charge in [0, 0.05) is 11.8 Å². The average Bonchev–Trinajstić information content (AvgIpc) is 2.49. The van der Waals surface area contributed by atoms with Crippen LogP contribution >= 0.6 is 0 Å². The first-order chi connectivity index (χ1) is 9.35. The van der Waals surface area contributed by atoms with Gasteiger partial charge in [-0.15, -0.1) is 0 Å².